The van der Waals surface area contributed by atoms with E-state index in [9.17, 15) is 14.3 Å². The Morgan fingerprint density at radius 1 is 1.23 bits per heavy atom. The Hall–Kier alpha value is -1.50. The third-order valence-corrected chi connectivity index (χ3v) is 4.92. The molecular weight excluding hydrogens is 289 g/mol. The molecule has 118 valence electrons. The summed E-state index contributed by atoms with van der Waals surface area (Å²) in [6.07, 6.45) is -0.0619. The molecule has 2 saturated heterocycles. The van der Waals surface area contributed by atoms with Crippen LogP contribution in [0.1, 0.15) is 18.4 Å². The maximum absolute atomic E-state index is 14.0. The third kappa shape index (κ3) is 2.06. The second-order valence-electron chi connectivity index (χ2n) is 6.31. The first-order chi connectivity index (χ1) is 10.6. The molecule has 3 aliphatic rings. The number of fused-ring (bicyclic) bond motifs is 1. The molecule has 0 radical (unpaired) electrons. The summed E-state index contributed by atoms with van der Waals surface area (Å²) in [6.45, 7) is 0.533. The van der Waals surface area contributed by atoms with Crippen molar-refractivity contribution in [2.45, 2.75) is 42.6 Å². The van der Waals surface area contributed by atoms with E-state index in [4.69, 9.17) is 9.47 Å². The van der Waals surface area contributed by atoms with E-state index in [0.29, 0.717) is 25.0 Å². The first-order valence-electron chi connectivity index (χ1n) is 7.59. The Morgan fingerprint density at radius 2 is 1.95 bits per heavy atom. The van der Waals surface area contributed by atoms with Crippen LogP contribution in [0.25, 0.3) is 0 Å². The standard InChI is InChI=1S/C16H18FNO4/c17-10-4-2-1-3-9(10)16(5-6-16)15(20)18-11-7-21-14-12(19)8-22-13(11)14/h1-4,11-14,19H,5-8H2,(H,18,20)/t11-,12-,13+,14+/m0/s1. The Labute approximate surface area is 127 Å². The number of benzene rings is 1. The quantitative estimate of drug-likeness (QED) is 0.853. The molecule has 3 fully saturated rings. The summed E-state index contributed by atoms with van der Waals surface area (Å²) >= 11 is 0. The fraction of sp³-hybridized carbons (Fsp3) is 0.562. The number of amides is 1. The number of carbonyl (C=O) groups excluding carboxylic acids is 1. The maximum atomic E-state index is 14.0. The summed E-state index contributed by atoms with van der Waals surface area (Å²) in [6, 6.07) is 6.13. The number of rotatable bonds is 3. The van der Waals surface area contributed by atoms with Crippen LogP contribution < -0.4 is 5.32 Å². The lowest BCUT2D eigenvalue weighted by Gasteiger charge is -2.22. The lowest BCUT2D eigenvalue weighted by molar-refractivity contribution is -0.125. The van der Waals surface area contributed by atoms with Crippen LogP contribution in [0, 0.1) is 5.82 Å². The van der Waals surface area contributed by atoms with Gasteiger partial charge in [-0.15, -0.1) is 0 Å². The van der Waals surface area contributed by atoms with Gasteiger partial charge in [-0.2, -0.15) is 0 Å². The van der Waals surface area contributed by atoms with Crippen molar-refractivity contribution in [3.05, 3.63) is 35.6 Å². The van der Waals surface area contributed by atoms with E-state index >= 15 is 0 Å². The van der Waals surface area contributed by atoms with Crippen molar-refractivity contribution < 1.29 is 23.8 Å². The highest BCUT2D eigenvalue weighted by atomic mass is 19.1. The Morgan fingerprint density at radius 3 is 2.68 bits per heavy atom. The number of aliphatic hydroxyl groups excluding tert-OH is 1. The molecule has 6 heteroatoms. The predicted octanol–water partition coefficient (Wildman–Crippen LogP) is 0.501. The van der Waals surface area contributed by atoms with Crippen molar-refractivity contribution in [2.75, 3.05) is 13.2 Å². The van der Waals surface area contributed by atoms with E-state index in [2.05, 4.69) is 5.32 Å². The first kappa shape index (κ1) is 14.1. The van der Waals surface area contributed by atoms with E-state index in [1.807, 2.05) is 0 Å². The van der Waals surface area contributed by atoms with Crippen LogP contribution in [-0.2, 0) is 19.7 Å². The molecule has 1 saturated carbocycles. The first-order valence-corrected chi connectivity index (χ1v) is 7.59. The molecule has 1 aromatic carbocycles. The van der Waals surface area contributed by atoms with Gasteiger partial charge >= 0.3 is 0 Å². The molecule has 0 bridgehead atoms. The number of hydrogen-bond donors (Lipinski definition) is 2. The summed E-state index contributed by atoms with van der Waals surface area (Å²) < 4.78 is 25.0. The molecule has 4 rings (SSSR count). The number of ether oxygens (including phenoxy) is 2. The van der Waals surface area contributed by atoms with Crippen molar-refractivity contribution >= 4 is 5.91 Å². The van der Waals surface area contributed by atoms with E-state index in [0.717, 1.165) is 0 Å². The number of aliphatic hydroxyl groups is 1. The Balaban J connectivity index is 1.50. The van der Waals surface area contributed by atoms with Crippen LogP contribution in [0.5, 0.6) is 0 Å². The van der Waals surface area contributed by atoms with Crippen LogP contribution in [0.4, 0.5) is 4.39 Å². The topological polar surface area (TPSA) is 67.8 Å². The van der Waals surface area contributed by atoms with Gasteiger partial charge in [-0.05, 0) is 18.9 Å². The van der Waals surface area contributed by atoms with Crippen molar-refractivity contribution in [1.29, 1.82) is 0 Å². The molecule has 0 aromatic heterocycles. The van der Waals surface area contributed by atoms with E-state index in [-0.39, 0.29) is 36.6 Å². The number of hydrogen-bond acceptors (Lipinski definition) is 4. The highest BCUT2D eigenvalue weighted by Gasteiger charge is 2.55. The fourth-order valence-corrected chi connectivity index (χ4v) is 3.50. The highest BCUT2D eigenvalue weighted by Crippen LogP contribution is 2.49. The molecule has 2 N–H and O–H groups in total. The lowest BCUT2D eigenvalue weighted by Crippen LogP contribution is -2.48. The van der Waals surface area contributed by atoms with E-state index in [1.54, 1.807) is 18.2 Å². The van der Waals surface area contributed by atoms with Crippen molar-refractivity contribution in [2.24, 2.45) is 0 Å². The molecule has 2 aliphatic heterocycles. The Bertz CT molecular complexity index is 604. The smallest absolute Gasteiger partial charge is 0.231 e. The fourth-order valence-electron chi connectivity index (χ4n) is 3.50. The average Bonchev–Trinajstić information content (AvgIpc) is 3.10. The van der Waals surface area contributed by atoms with Crippen molar-refractivity contribution in [3.63, 3.8) is 0 Å². The Kier molecular flexibility index (Phi) is 3.21. The summed E-state index contributed by atoms with van der Waals surface area (Å²) in [7, 11) is 0. The molecule has 0 spiro atoms. The summed E-state index contributed by atoms with van der Waals surface area (Å²) in [4.78, 5) is 12.7. The predicted molar refractivity (Wildman–Crippen MR) is 74.7 cm³/mol. The number of halogens is 1. The number of carbonyl (C=O) groups is 1. The zero-order valence-corrected chi connectivity index (χ0v) is 12.0. The van der Waals surface area contributed by atoms with Gasteiger partial charge in [0.15, 0.2) is 0 Å². The summed E-state index contributed by atoms with van der Waals surface area (Å²) in [5.74, 6) is -0.528. The van der Waals surface area contributed by atoms with Gasteiger partial charge in [0.1, 0.15) is 24.1 Å². The molecule has 1 amide bonds. The van der Waals surface area contributed by atoms with Gasteiger partial charge < -0.3 is 19.9 Å². The van der Waals surface area contributed by atoms with Gasteiger partial charge in [-0.3, -0.25) is 4.79 Å². The zero-order valence-electron chi connectivity index (χ0n) is 12.0. The normalized spacial score (nSPS) is 35.2. The minimum Gasteiger partial charge on any atom is -0.388 e. The van der Waals surface area contributed by atoms with Gasteiger partial charge in [0.05, 0.1) is 24.7 Å². The van der Waals surface area contributed by atoms with Crippen molar-refractivity contribution in [3.8, 4) is 0 Å². The molecule has 2 heterocycles. The second-order valence-corrected chi connectivity index (χ2v) is 6.31. The minimum atomic E-state index is -0.763. The SMILES string of the molecule is O=C(N[C@H]1CO[C@H]2[C@@H]1OC[C@@H]2O)C1(c2ccccc2F)CC1. The van der Waals surface area contributed by atoms with Crippen LogP contribution in [-0.4, -0.2) is 48.6 Å². The van der Waals surface area contributed by atoms with Crippen LogP contribution >= 0.6 is 0 Å². The average molecular weight is 307 g/mol. The zero-order chi connectivity index (χ0) is 15.3. The summed E-state index contributed by atoms with van der Waals surface area (Å²) in [5.41, 5.74) is -0.309. The second kappa shape index (κ2) is 5.01. The summed E-state index contributed by atoms with van der Waals surface area (Å²) in [5, 5.41) is 12.7. The number of nitrogens with one attached hydrogen (secondary N) is 1. The monoisotopic (exact) mass is 307 g/mol. The van der Waals surface area contributed by atoms with Crippen molar-refractivity contribution in [1.82, 2.24) is 5.32 Å². The van der Waals surface area contributed by atoms with E-state index in [1.165, 1.54) is 6.07 Å². The minimum absolute atomic E-state index is 0.183. The van der Waals surface area contributed by atoms with Crippen LogP contribution in [0.15, 0.2) is 24.3 Å². The molecule has 4 atom stereocenters. The molecule has 1 aromatic rings. The lowest BCUT2D eigenvalue weighted by atomic mass is 9.93. The third-order valence-electron chi connectivity index (χ3n) is 4.92. The van der Waals surface area contributed by atoms with E-state index < -0.39 is 11.5 Å². The van der Waals surface area contributed by atoms with Gasteiger partial charge in [0.2, 0.25) is 5.91 Å². The van der Waals surface area contributed by atoms with Gasteiger partial charge in [-0.25, -0.2) is 4.39 Å². The van der Waals surface area contributed by atoms with Gasteiger partial charge in [-0.1, -0.05) is 18.2 Å². The molecular formula is C16H18FNO4. The van der Waals surface area contributed by atoms with Gasteiger partial charge in [0, 0.05) is 5.56 Å². The van der Waals surface area contributed by atoms with Crippen LogP contribution in [0.3, 0.4) is 0 Å². The van der Waals surface area contributed by atoms with Crippen LogP contribution in [0.2, 0.25) is 0 Å². The highest BCUT2D eigenvalue weighted by molar-refractivity contribution is 5.91. The molecule has 0 unspecified atom stereocenters. The molecule has 1 aliphatic carbocycles. The molecule has 22 heavy (non-hydrogen) atoms. The maximum Gasteiger partial charge on any atom is 0.231 e. The molecule has 5 nitrogen and oxygen atoms in total. The largest absolute Gasteiger partial charge is 0.388 e. The van der Waals surface area contributed by atoms with Gasteiger partial charge in [0.25, 0.3) is 0 Å².